The average Bonchev–Trinajstić information content (AvgIpc) is 2.60. The zero-order chi connectivity index (χ0) is 20.5. The predicted octanol–water partition coefficient (Wildman–Crippen LogP) is 5.35. The molecule has 4 nitrogen and oxygen atoms in total. The van der Waals surface area contributed by atoms with Gasteiger partial charge in [0.1, 0.15) is 5.75 Å². The molecule has 7 heteroatoms. The summed E-state index contributed by atoms with van der Waals surface area (Å²) in [5.74, 6) is -0.473. The molecule has 146 valence electrons. The Labute approximate surface area is 160 Å². The summed E-state index contributed by atoms with van der Waals surface area (Å²) in [7, 11) is 0. The Bertz CT molecular complexity index is 1050. The minimum atomic E-state index is -4.47. The van der Waals surface area contributed by atoms with Crippen molar-refractivity contribution < 1.29 is 22.7 Å². The van der Waals surface area contributed by atoms with Crippen LogP contribution in [-0.2, 0) is 0 Å². The highest BCUT2D eigenvalue weighted by Gasteiger charge is 2.29. The van der Waals surface area contributed by atoms with Gasteiger partial charge < -0.3 is 10.1 Å². The molecule has 3 rings (SSSR count). The van der Waals surface area contributed by atoms with Gasteiger partial charge in [-0.1, -0.05) is 17.7 Å². The molecule has 0 bridgehead atoms. The molecule has 1 heterocycles. The number of anilines is 1. The second-order valence-electron chi connectivity index (χ2n) is 6.69. The number of pyridine rings is 1. The number of alkyl halides is 3. The Morgan fingerprint density at radius 1 is 1.04 bits per heavy atom. The number of fused-ring (bicyclic) bond motifs is 1. The van der Waals surface area contributed by atoms with E-state index in [1.165, 1.54) is 12.1 Å². The first-order chi connectivity index (χ1) is 13.1. The number of hydrogen-bond acceptors (Lipinski definition) is 3. The van der Waals surface area contributed by atoms with Gasteiger partial charge in [0, 0.05) is 11.1 Å². The standard InChI is InChI=1S/C21H19F3N2O2/c1-12-4-6-17-15(8-12)16(10-14(3)25-17)20(27)26-18-7-5-13(2)9-19(18)28-11-21(22,23)24/h4-10H,11H2,1-3H3,(H,26,27). The molecule has 0 saturated carbocycles. The fourth-order valence-electron chi connectivity index (χ4n) is 2.86. The first kappa shape index (κ1) is 19.7. The quantitative estimate of drug-likeness (QED) is 0.655. The number of aryl methyl sites for hydroxylation is 3. The SMILES string of the molecule is Cc1ccc(NC(=O)c2cc(C)nc3ccc(C)cc23)c(OCC(F)(F)F)c1. The lowest BCUT2D eigenvalue weighted by Crippen LogP contribution is -2.20. The monoisotopic (exact) mass is 388 g/mol. The summed E-state index contributed by atoms with van der Waals surface area (Å²) in [6.45, 7) is 3.98. The number of carbonyl (C=O) groups excluding carboxylic acids is 1. The van der Waals surface area contributed by atoms with Crippen LogP contribution < -0.4 is 10.1 Å². The van der Waals surface area contributed by atoms with Gasteiger partial charge in [0.05, 0.1) is 16.8 Å². The second-order valence-corrected chi connectivity index (χ2v) is 6.69. The minimum absolute atomic E-state index is 0.0306. The van der Waals surface area contributed by atoms with E-state index < -0.39 is 18.7 Å². The zero-order valence-corrected chi connectivity index (χ0v) is 15.6. The van der Waals surface area contributed by atoms with Gasteiger partial charge in [-0.25, -0.2) is 0 Å². The highest BCUT2D eigenvalue weighted by atomic mass is 19.4. The maximum absolute atomic E-state index is 12.9. The number of rotatable bonds is 4. The number of carbonyl (C=O) groups is 1. The van der Waals surface area contributed by atoms with Gasteiger partial charge in [-0.3, -0.25) is 9.78 Å². The molecule has 0 fully saturated rings. The molecule has 2 aromatic carbocycles. The third-order valence-corrected chi connectivity index (χ3v) is 4.11. The van der Waals surface area contributed by atoms with Crippen LogP contribution in [0.5, 0.6) is 5.75 Å². The van der Waals surface area contributed by atoms with E-state index in [1.807, 2.05) is 25.1 Å². The van der Waals surface area contributed by atoms with Gasteiger partial charge in [0.15, 0.2) is 6.61 Å². The maximum atomic E-state index is 12.9. The van der Waals surface area contributed by atoms with Gasteiger partial charge in [-0.05, 0) is 56.7 Å². The molecule has 1 N–H and O–H groups in total. The number of halogens is 3. The molecule has 0 aliphatic heterocycles. The normalized spacial score (nSPS) is 11.5. The number of benzene rings is 2. The van der Waals surface area contributed by atoms with Crippen molar-refractivity contribution in [3.8, 4) is 5.75 Å². The van der Waals surface area contributed by atoms with E-state index in [2.05, 4.69) is 10.3 Å². The van der Waals surface area contributed by atoms with E-state index >= 15 is 0 Å². The maximum Gasteiger partial charge on any atom is 0.422 e. The van der Waals surface area contributed by atoms with Gasteiger partial charge >= 0.3 is 6.18 Å². The molecule has 0 radical (unpaired) electrons. The summed E-state index contributed by atoms with van der Waals surface area (Å²) in [6.07, 6.45) is -4.47. The summed E-state index contributed by atoms with van der Waals surface area (Å²) in [6, 6.07) is 11.9. The van der Waals surface area contributed by atoms with Crippen molar-refractivity contribution in [3.05, 3.63) is 64.8 Å². The molecule has 0 saturated heterocycles. The zero-order valence-electron chi connectivity index (χ0n) is 15.6. The van der Waals surface area contributed by atoms with Crippen molar-refractivity contribution in [2.24, 2.45) is 0 Å². The number of hydrogen-bond donors (Lipinski definition) is 1. The van der Waals surface area contributed by atoms with Crippen molar-refractivity contribution in [3.63, 3.8) is 0 Å². The van der Waals surface area contributed by atoms with E-state index in [0.717, 1.165) is 11.1 Å². The summed E-state index contributed by atoms with van der Waals surface area (Å²) in [5, 5.41) is 3.34. The van der Waals surface area contributed by atoms with Crippen LogP contribution in [0.2, 0.25) is 0 Å². The summed E-state index contributed by atoms with van der Waals surface area (Å²) >= 11 is 0. The molecule has 1 aromatic heterocycles. The van der Waals surface area contributed by atoms with Gasteiger partial charge in [-0.2, -0.15) is 13.2 Å². The predicted molar refractivity (Wildman–Crippen MR) is 102 cm³/mol. The highest BCUT2D eigenvalue weighted by molar-refractivity contribution is 6.13. The number of aromatic nitrogens is 1. The Balaban J connectivity index is 1.96. The lowest BCUT2D eigenvalue weighted by molar-refractivity contribution is -0.153. The van der Waals surface area contributed by atoms with Gasteiger partial charge in [-0.15, -0.1) is 0 Å². The number of nitrogens with zero attached hydrogens (tertiary/aromatic N) is 1. The first-order valence-corrected chi connectivity index (χ1v) is 8.62. The first-order valence-electron chi connectivity index (χ1n) is 8.62. The smallest absolute Gasteiger partial charge is 0.422 e. The van der Waals surface area contributed by atoms with Crippen molar-refractivity contribution in [1.29, 1.82) is 0 Å². The molecule has 3 aromatic rings. The molecule has 0 aliphatic rings. The fraction of sp³-hybridized carbons (Fsp3) is 0.238. The number of amides is 1. The molecule has 28 heavy (non-hydrogen) atoms. The van der Waals surface area contributed by atoms with Crippen LogP contribution in [0.15, 0.2) is 42.5 Å². The van der Waals surface area contributed by atoms with Crippen LogP contribution >= 0.6 is 0 Å². The van der Waals surface area contributed by atoms with Crippen molar-refractivity contribution in [2.45, 2.75) is 26.9 Å². The summed E-state index contributed by atoms with van der Waals surface area (Å²) < 4.78 is 42.5. The van der Waals surface area contributed by atoms with E-state index in [0.29, 0.717) is 22.2 Å². The molecule has 0 spiro atoms. The molecule has 1 amide bonds. The Hall–Kier alpha value is -3.09. The number of nitrogens with one attached hydrogen (secondary N) is 1. The molecular formula is C21H19F3N2O2. The van der Waals surface area contributed by atoms with Gasteiger partial charge in [0.2, 0.25) is 0 Å². The Morgan fingerprint density at radius 2 is 1.71 bits per heavy atom. The fourth-order valence-corrected chi connectivity index (χ4v) is 2.86. The van der Waals surface area contributed by atoms with Crippen molar-refractivity contribution in [1.82, 2.24) is 4.98 Å². The molecule has 0 unspecified atom stereocenters. The summed E-state index contributed by atoms with van der Waals surface area (Å²) in [5.41, 5.74) is 3.60. The highest BCUT2D eigenvalue weighted by Crippen LogP contribution is 2.29. The Morgan fingerprint density at radius 3 is 2.43 bits per heavy atom. The van der Waals surface area contributed by atoms with E-state index in [-0.39, 0.29) is 11.4 Å². The average molecular weight is 388 g/mol. The van der Waals surface area contributed by atoms with E-state index in [1.54, 1.807) is 26.0 Å². The minimum Gasteiger partial charge on any atom is -0.482 e. The van der Waals surface area contributed by atoms with E-state index in [4.69, 9.17) is 4.74 Å². The van der Waals surface area contributed by atoms with Crippen molar-refractivity contribution in [2.75, 3.05) is 11.9 Å². The molecular weight excluding hydrogens is 369 g/mol. The third-order valence-electron chi connectivity index (χ3n) is 4.11. The van der Waals surface area contributed by atoms with Crippen LogP contribution in [0.4, 0.5) is 18.9 Å². The Kier molecular flexibility index (Phi) is 5.27. The summed E-state index contributed by atoms with van der Waals surface area (Å²) in [4.78, 5) is 17.3. The van der Waals surface area contributed by atoms with Crippen LogP contribution in [0.1, 0.15) is 27.2 Å². The van der Waals surface area contributed by atoms with E-state index in [9.17, 15) is 18.0 Å². The largest absolute Gasteiger partial charge is 0.482 e. The van der Waals surface area contributed by atoms with Crippen molar-refractivity contribution >= 4 is 22.5 Å². The second kappa shape index (κ2) is 7.50. The topological polar surface area (TPSA) is 51.2 Å². The molecule has 0 atom stereocenters. The van der Waals surface area contributed by atoms with Crippen LogP contribution in [0.25, 0.3) is 10.9 Å². The van der Waals surface area contributed by atoms with Gasteiger partial charge in [0.25, 0.3) is 5.91 Å². The third kappa shape index (κ3) is 4.60. The van der Waals surface area contributed by atoms with Crippen LogP contribution in [0, 0.1) is 20.8 Å². The number of ether oxygens (including phenoxy) is 1. The lowest BCUT2D eigenvalue weighted by atomic mass is 10.0. The molecule has 0 aliphatic carbocycles. The lowest BCUT2D eigenvalue weighted by Gasteiger charge is -2.15. The van der Waals surface area contributed by atoms with Crippen LogP contribution in [-0.4, -0.2) is 23.7 Å². The van der Waals surface area contributed by atoms with Crippen LogP contribution in [0.3, 0.4) is 0 Å².